The van der Waals surface area contributed by atoms with Crippen molar-refractivity contribution in [2.75, 3.05) is 0 Å². The lowest BCUT2D eigenvalue weighted by Gasteiger charge is -2.21. The second-order valence-corrected chi connectivity index (χ2v) is 7.79. The van der Waals surface area contributed by atoms with Crippen molar-refractivity contribution >= 4 is 41.9 Å². The molecule has 19 heavy (non-hydrogen) atoms. The van der Waals surface area contributed by atoms with Gasteiger partial charge in [-0.3, -0.25) is 0 Å². The number of benzene rings is 1. The van der Waals surface area contributed by atoms with Gasteiger partial charge < -0.3 is 0 Å². The van der Waals surface area contributed by atoms with Gasteiger partial charge >= 0.3 is 0 Å². The van der Waals surface area contributed by atoms with Crippen LogP contribution >= 0.6 is 31.9 Å². The third-order valence-electron chi connectivity index (χ3n) is 2.82. The molecule has 0 aliphatic heterocycles. The largest absolute Gasteiger partial charge is 0.243 e. The zero-order chi connectivity index (χ0) is 14.8. The van der Waals surface area contributed by atoms with E-state index in [1.807, 2.05) is 13.0 Å². The van der Waals surface area contributed by atoms with Gasteiger partial charge in [0.1, 0.15) is 5.54 Å². The van der Waals surface area contributed by atoms with Crippen LogP contribution in [0.1, 0.15) is 25.8 Å². The predicted molar refractivity (Wildman–Crippen MR) is 81.2 cm³/mol. The van der Waals surface area contributed by atoms with E-state index in [1.54, 1.807) is 19.9 Å². The Morgan fingerprint density at radius 3 is 2.42 bits per heavy atom. The summed E-state index contributed by atoms with van der Waals surface area (Å²) in [6, 6.07) is 5.22. The third kappa shape index (κ3) is 3.78. The summed E-state index contributed by atoms with van der Waals surface area (Å²) in [6.07, 6.45) is 0.382. The zero-order valence-electron chi connectivity index (χ0n) is 10.8. The molecule has 1 rings (SSSR count). The Labute approximate surface area is 130 Å². The van der Waals surface area contributed by atoms with Crippen molar-refractivity contribution < 1.29 is 8.42 Å². The van der Waals surface area contributed by atoms with Gasteiger partial charge in [0, 0.05) is 8.95 Å². The van der Waals surface area contributed by atoms with Gasteiger partial charge in [-0.2, -0.15) is 9.98 Å². The number of nitriles is 1. The van der Waals surface area contributed by atoms with E-state index in [0.717, 1.165) is 5.56 Å². The Balaban J connectivity index is 3.30. The Morgan fingerprint density at radius 1 is 1.37 bits per heavy atom. The molecule has 0 saturated carbocycles. The average molecular weight is 410 g/mol. The van der Waals surface area contributed by atoms with E-state index < -0.39 is 15.6 Å². The standard InChI is InChI=1S/C12H14Br2N2O2S/c1-4-12(3,7-15)16-19(17,18)11-6-9(13)8(2)5-10(11)14/h5-6,16H,4H2,1-3H3. The van der Waals surface area contributed by atoms with Gasteiger partial charge in [-0.15, -0.1) is 0 Å². The number of rotatable bonds is 4. The number of aryl methyl sites for hydroxylation is 1. The predicted octanol–water partition coefficient (Wildman–Crippen LogP) is 3.49. The fourth-order valence-electron chi connectivity index (χ4n) is 1.36. The molecule has 0 heterocycles. The van der Waals surface area contributed by atoms with Crippen molar-refractivity contribution in [1.29, 1.82) is 5.26 Å². The maximum Gasteiger partial charge on any atom is 0.243 e. The van der Waals surface area contributed by atoms with Gasteiger partial charge in [0.2, 0.25) is 10.0 Å². The minimum Gasteiger partial charge on any atom is -0.207 e. The minimum absolute atomic E-state index is 0.111. The molecule has 1 N–H and O–H groups in total. The van der Waals surface area contributed by atoms with Crippen LogP contribution in [-0.2, 0) is 10.0 Å². The van der Waals surface area contributed by atoms with Crippen molar-refractivity contribution in [1.82, 2.24) is 4.72 Å². The van der Waals surface area contributed by atoms with Crippen LogP contribution in [0.5, 0.6) is 0 Å². The molecule has 0 saturated heterocycles. The maximum absolute atomic E-state index is 12.3. The van der Waals surface area contributed by atoms with Crippen molar-refractivity contribution in [2.45, 2.75) is 37.6 Å². The number of halogens is 2. The fraction of sp³-hybridized carbons (Fsp3) is 0.417. The topological polar surface area (TPSA) is 70.0 Å². The van der Waals surface area contributed by atoms with Crippen LogP contribution < -0.4 is 4.72 Å². The Bertz CT molecular complexity index is 638. The molecule has 0 amide bonds. The molecule has 0 aromatic heterocycles. The van der Waals surface area contributed by atoms with E-state index >= 15 is 0 Å². The molecule has 4 nitrogen and oxygen atoms in total. The molecular formula is C12H14Br2N2O2S. The monoisotopic (exact) mass is 408 g/mol. The molecule has 1 atom stereocenters. The quantitative estimate of drug-likeness (QED) is 0.827. The molecule has 104 valence electrons. The van der Waals surface area contributed by atoms with Crippen LogP contribution in [0, 0.1) is 18.3 Å². The Kier molecular flexibility index (Phi) is 5.18. The summed E-state index contributed by atoms with van der Waals surface area (Å²) in [5, 5.41) is 9.07. The van der Waals surface area contributed by atoms with Crippen LogP contribution in [0.15, 0.2) is 26.0 Å². The number of nitrogens with one attached hydrogen (secondary N) is 1. The van der Waals surface area contributed by atoms with Gasteiger partial charge in [-0.1, -0.05) is 22.9 Å². The SMILES string of the molecule is CCC(C)(C#N)NS(=O)(=O)c1cc(Br)c(C)cc1Br. The van der Waals surface area contributed by atoms with Gasteiger partial charge in [-0.05, 0) is 53.9 Å². The molecule has 1 unspecified atom stereocenters. The minimum atomic E-state index is -3.76. The highest BCUT2D eigenvalue weighted by molar-refractivity contribution is 9.11. The van der Waals surface area contributed by atoms with Crippen molar-refractivity contribution in [2.24, 2.45) is 0 Å². The summed E-state index contributed by atoms with van der Waals surface area (Å²) in [5.41, 5.74) is -0.195. The van der Waals surface area contributed by atoms with Crippen LogP contribution in [0.4, 0.5) is 0 Å². The first-order chi connectivity index (χ1) is 8.65. The van der Waals surface area contributed by atoms with E-state index in [-0.39, 0.29) is 4.90 Å². The summed E-state index contributed by atoms with van der Waals surface area (Å²) in [4.78, 5) is 0.111. The Morgan fingerprint density at radius 2 is 1.95 bits per heavy atom. The van der Waals surface area contributed by atoms with E-state index in [9.17, 15) is 8.42 Å². The first-order valence-electron chi connectivity index (χ1n) is 5.56. The lowest BCUT2D eigenvalue weighted by atomic mass is 10.0. The average Bonchev–Trinajstić information content (AvgIpc) is 2.33. The molecule has 1 aromatic rings. The fourth-order valence-corrected chi connectivity index (χ4v) is 4.43. The second-order valence-electron chi connectivity index (χ2n) is 4.43. The molecule has 0 fully saturated rings. The molecule has 1 aromatic carbocycles. The van der Waals surface area contributed by atoms with E-state index in [2.05, 4.69) is 36.6 Å². The molecule has 0 aliphatic carbocycles. The van der Waals surface area contributed by atoms with E-state index in [0.29, 0.717) is 15.4 Å². The van der Waals surface area contributed by atoms with Crippen molar-refractivity contribution in [3.63, 3.8) is 0 Å². The van der Waals surface area contributed by atoms with Crippen LogP contribution in [0.2, 0.25) is 0 Å². The Hall–Kier alpha value is -0.420. The molecule has 0 spiro atoms. The second kappa shape index (κ2) is 5.92. The molecule has 0 bridgehead atoms. The van der Waals surface area contributed by atoms with Crippen LogP contribution in [-0.4, -0.2) is 14.0 Å². The number of nitrogens with zero attached hydrogens (tertiary/aromatic N) is 1. The van der Waals surface area contributed by atoms with Crippen molar-refractivity contribution in [3.05, 3.63) is 26.6 Å². The number of hydrogen-bond donors (Lipinski definition) is 1. The third-order valence-corrected chi connectivity index (χ3v) is 6.23. The molecular weight excluding hydrogens is 396 g/mol. The normalized spacial score (nSPS) is 14.7. The highest BCUT2D eigenvalue weighted by Gasteiger charge is 2.30. The van der Waals surface area contributed by atoms with Gasteiger partial charge in [0.15, 0.2) is 0 Å². The zero-order valence-corrected chi connectivity index (χ0v) is 14.8. The summed E-state index contributed by atoms with van der Waals surface area (Å²) in [6.45, 7) is 5.18. The smallest absolute Gasteiger partial charge is 0.207 e. The van der Waals surface area contributed by atoms with Gasteiger partial charge in [0.25, 0.3) is 0 Å². The maximum atomic E-state index is 12.3. The lowest BCUT2D eigenvalue weighted by Crippen LogP contribution is -2.44. The summed E-state index contributed by atoms with van der Waals surface area (Å²) >= 11 is 6.55. The highest BCUT2D eigenvalue weighted by atomic mass is 79.9. The van der Waals surface area contributed by atoms with E-state index in [1.165, 1.54) is 6.07 Å². The number of sulfonamides is 1. The summed E-state index contributed by atoms with van der Waals surface area (Å²) in [7, 11) is -3.76. The van der Waals surface area contributed by atoms with Crippen molar-refractivity contribution in [3.8, 4) is 6.07 Å². The molecule has 0 radical (unpaired) electrons. The van der Waals surface area contributed by atoms with E-state index in [4.69, 9.17) is 5.26 Å². The molecule has 0 aliphatic rings. The van der Waals surface area contributed by atoms with Gasteiger partial charge in [-0.25, -0.2) is 8.42 Å². The first-order valence-corrected chi connectivity index (χ1v) is 8.63. The van der Waals surface area contributed by atoms with Gasteiger partial charge in [0.05, 0.1) is 11.0 Å². The summed E-state index contributed by atoms with van der Waals surface area (Å²) in [5.74, 6) is 0. The van der Waals surface area contributed by atoms with Crippen LogP contribution in [0.25, 0.3) is 0 Å². The highest BCUT2D eigenvalue weighted by Crippen LogP contribution is 2.29. The lowest BCUT2D eigenvalue weighted by molar-refractivity contribution is 0.495. The summed E-state index contributed by atoms with van der Waals surface area (Å²) < 4.78 is 28.3. The van der Waals surface area contributed by atoms with Crippen LogP contribution in [0.3, 0.4) is 0 Å². The molecule has 7 heteroatoms. The number of hydrogen-bond acceptors (Lipinski definition) is 3. The first kappa shape index (κ1) is 16.6.